The van der Waals surface area contributed by atoms with Crippen molar-refractivity contribution in [2.24, 2.45) is 7.05 Å². The molecule has 2 aromatic carbocycles. The molecule has 1 fully saturated rings. The predicted octanol–water partition coefficient (Wildman–Crippen LogP) is 2.83. The molecule has 0 bridgehead atoms. The van der Waals surface area contributed by atoms with Gasteiger partial charge in [0.1, 0.15) is 6.04 Å². The Morgan fingerprint density at radius 3 is 2.46 bits per heavy atom. The number of carbonyl (C=O) groups excluding carboxylic acids is 4. The standard InChI is InChI=1S/C25H25N5O4S/c1-17(31)27-19-8-10-20(11-9-19)30-22(32)14-21(24(30)34)29(15-18-6-4-3-5-7-18)23(33)16-35-25-26-12-13-28(25)2/h3-13,21H,14-16H2,1-2H3,(H,27,31). The zero-order chi connectivity index (χ0) is 24.9. The largest absolute Gasteiger partial charge is 0.329 e. The quantitative estimate of drug-likeness (QED) is 0.384. The Kier molecular flexibility index (Phi) is 7.31. The van der Waals surface area contributed by atoms with Crippen LogP contribution in [-0.2, 0) is 32.8 Å². The summed E-state index contributed by atoms with van der Waals surface area (Å²) in [4.78, 5) is 57.7. The number of benzene rings is 2. The van der Waals surface area contributed by atoms with Crippen LogP contribution in [0.4, 0.5) is 11.4 Å². The van der Waals surface area contributed by atoms with Crippen molar-refractivity contribution in [3.8, 4) is 0 Å². The van der Waals surface area contributed by atoms with Crippen LogP contribution in [0.1, 0.15) is 18.9 Å². The third kappa shape index (κ3) is 5.60. The van der Waals surface area contributed by atoms with E-state index in [1.54, 1.807) is 36.7 Å². The highest BCUT2D eigenvalue weighted by molar-refractivity contribution is 7.99. The monoisotopic (exact) mass is 491 g/mol. The molecule has 0 radical (unpaired) electrons. The number of aryl methyl sites for hydroxylation is 1. The second-order valence-corrected chi connectivity index (χ2v) is 9.07. The Labute approximate surface area is 207 Å². The van der Waals surface area contributed by atoms with Crippen molar-refractivity contribution in [2.45, 2.75) is 31.1 Å². The number of aromatic nitrogens is 2. The van der Waals surface area contributed by atoms with Crippen molar-refractivity contribution in [1.29, 1.82) is 0 Å². The summed E-state index contributed by atoms with van der Waals surface area (Å²) < 4.78 is 1.82. The molecule has 9 nitrogen and oxygen atoms in total. The van der Waals surface area contributed by atoms with E-state index in [-0.39, 0.29) is 36.4 Å². The molecule has 1 unspecified atom stereocenters. The first-order valence-corrected chi connectivity index (χ1v) is 12.0. The molecule has 10 heteroatoms. The highest BCUT2D eigenvalue weighted by atomic mass is 32.2. The number of imidazole rings is 1. The lowest BCUT2D eigenvalue weighted by molar-refractivity contribution is -0.136. The van der Waals surface area contributed by atoms with E-state index < -0.39 is 11.9 Å². The van der Waals surface area contributed by atoms with Crippen LogP contribution in [0, 0.1) is 0 Å². The summed E-state index contributed by atoms with van der Waals surface area (Å²) in [6.45, 7) is 1.61. The topological polar surface area (TPSA) is 105 Å². The zero-order valence-corrected chi connectivity index (χ0v) is 20.2. The third-order valence-corrected chi connectivity index (χ3v) is 6.61. The van der Waals surface area contributed by atoms with Gasteiger partial charge in [-0.15, -0.1) is 0 Å². The van der Waals surface area contributed by atoms with Crippen LogP contribution in [-0.4, -0.2) is 49.9 Å². The Hall–Kier alpha value is -3.92. The van der Waals surface area contributed by atoms with Gasteiger partial charge in [0.25, 0.3) is 5.91 Å². The zero-order valence-electron chi connectivity index (χ0n) is 19.4. The van der Waals surface area contributed by atoms with Gasteiger partial charge in [-0.2, -0.15) is 0 Å². The van der Waals surface area contributed by atoms with Gasteiger partial charge in [-0.25, -0.2) is 9.88 Å². The van der Waals surface area contributed by atoms with E-state index in [2.05, 4.69) is 10.3 Å². The number of carbonyl (C=O) groups is 4. The van der Waals surface area contributed by atoms with Gasteiger partial charge in [-0.1, -0.05) is 42.1 Å². The molecular formula is C25H25N5O4S. The van der Waals surface area contributed by atoms with Gasteiger partial charge in [0.05, 0.1) is 17.9 Å². The molecule has 0 aliphatic carbocycles. The summed E-state index contributed by atoms with van der Waals surface area (Å²) in [5.41, 5.74) is 1.82. The number of nitrogens with zero attached hydrogens (tertiary/aromatic N) is 4. The number of amides is 4. The van der Waals surface area contributed by atoms with Crippen LogP contribution >= 0.6 is 11.8 Å². The molecule has 180 valence electrons. The van der Waals surface area contributed by atoms with E-state index in [1.807, 2.05) is 41.9 Å². The fraction of sp³-hybridized carbons (Fsp3) is 0.240. The minimum Gasteiger partial charge on any atom is -0.329 e. The lowest BCUT2D eigenvalue weighted by atomic mass is 10.1. The van der Waals surface area contributed by atoms with Crippen molar-refractivity contribution >= 4 is 46.8 Å². The molecule has 2 heterocycles. The number of hydrogen-bond acceptors (Lipinski definition) is 6. The molecule has 1 atom stereocenters. The van der Waals surface area contributed by atoms with E-state index in [0.717, 1.165) is 10.5 Å². The molecule has 1 saturated heterocycles. The molecule has 1 N–H and O–H groups in total. The van der Waals surface area contributed by atoms with Crippen LogP contribution in [0.3, 0.4) is 0 Å². The maximum atomic E-state index is 13.4. The molecular weight excluding hydrogens is 466 g/mol. The number of thioether (sulfide) groups is 1. The summed E-state index contributed by atoms with van der Waals surface area (Å²) in [5, 5.41) is 3.34. The first-order chi connectivity index (χ1) is 16.8. The van der Waals surface area contributed by atoms with Gasteiger partial charge in [0.15, 0.2) is 5.16 Å². The highest BCUT2D eigenvalue weighted by Crippen LogP contribution is 2.28. The van der Waals surface area contributed by atoms with Crippen LogP contribution in [0.5, 0.6) is 0 Å². The van der Waals surface area contributed by atoms with Crippen LogP contribution < -0.4 is 10.2 Å². The number of imide groups is 1. The van der Waals surface area contributed by atoms with Gasteiger partial charge < -0.3 is 14.8 Å². The second-order valence-electron chi connectivity index (χ2n) is 8.13. The lowest BCUT2D eigenvalue weighted by Gasteiger charge is -2.28. The normalized spacial score (nSPS) is 15.4. The summed E-state index contributed by atoms with van der Waals surface area (Å²) >= 11 is 1.28. The van der Waals surface area contributed by atoms with E-state index >= 15 is 0 Å². The Bertz CT molecular complexity index is 1240. The van der Waals surface area contributed by atoms with Crippen molar-refractivity contribution in [1.82, 2.24) is 14.5 Å². The summed E-state index contributed by atoms with van der Waals surface area (Å²) in [6.07, 6.45) is 3.35. The summed E-state index contributed by atoms with van der Waals surface area (Å²) in [6, 6.07) is 14.9. The number of rotatable bonds is 8. The molecule has 35 heavy (non-hydrogen) atoms. The molecule has 4 rings (SSSR count). The molecule has 3 aromatic rings. The first-order valence-electron chi connectivity index (χ1n) is 11.0. The molecule has 1 aliphatic rings. The number of nitrogens with one attached hydrogen (secondary N) is 1. The average molecular weight is 492 g/mol. The number of hydrogen-bond donors (Lipinski definition) is 1. The Morgan fingerprint density at radius 1 is 1.11 bits per heavy atom. The van der Waals surface area contributed by atoms with Gasteiger partial charge >= 0.3 is 0 Å². The maximum Gasteiger partial charge on any atom is 0.257 e. The minimum atomic E-state index is -0.910. The van der Waals surface area contributed by atoms with Crippen LogP contribution in [0.25, 0.3) is 0 Å². The van der Waals surface area contributed by atoms with Gasteiger partial charge in [-0.3, -0.25) is 19.2 Å². The molecule has 0 saturated carbocycles. The smallest absolute Gasteiger partial charge is 0.257 e. The van der Waals surface area contributed by atoms with Crippen molar-refractivity contribution in [3.05, 3.63) is 72.6 Å². The Morgan fingerprint density at radius 2 is 1.83 bits per heavy atom. The van der Waals surface area contributed by atoms with Crippen molar-refractivity contribution in [3.63, 3.8) is 0 Å². The summed E-state index contributed by atoms with van der Waals surface area (Å²) in [5.74, 6) is -1.22. The van der Waals surface area contributed by atoms with Gasteiger partial charge in [0, 0.05) is 38.6 Å². The number of anilines is 2. The second kappa shape index (κ2) is 10.6. The fourth-order valence-corrected chi connectivity index (χ4v) is 4.70. The summed E-state index contributed by atoms with van der Waals surface area (Å²) in [7, 11) is 1.84. The average Bonchev–Trinajstić information content (AvgIpc) is 3.38. The lowest BCUT2D eigenvalue weighted by Crippen LogP contribution is -2.45. The van der Waals surface area contributed by atoms with Crippen LogP contribution in [0.15, 0.2) is 72.1 Å². The van der Waals surface area contributed by atoms with Crippen molar-refractivity contribution < 1.29 is 19.2 Å². The Balaban J connectivity index is 1.55. The van der Waals surface area contributed by atoms with Gasteiger partial charge in [0.2, 0.25) is 17.7 Å². The van der Waals surface area contributed by atoms with Crippen LogP contribution in [0.2, 0.25) is 0 Å². The van der Waals surface area contributed by atoms with Crippen molar-refractivity contribution in [2.75, 3.05) is 16.0 Å². The molecule has 1 aromatic heterocycles. The van der Waals surface area contributed by atoms with E-state index in [0.29, 0.717) is 16.5 Å². The fourth-order valence-electron chi connectivity index (χ4n) is 3.88. The molecule has 1 aliphatic heterocycles. The maximum absolute atomic E-state index is 13.4. The third-order valence-electron chi connectivity index (χ3n) is 5.56. The van der Waals surface area contributed by atoms with E-state index in [4.69, 9.17) is 0 Å². The minimum absolute atomic E-state index is 0.0844. The van der Waals surface area contributed by atoms with E-state index in [1.165, 1.54) is 23.6 Å². The molecule has 0 spiro atoms. The SMILES string of the molecule is CC(=O)Nc1ccc(N2C(=O)CC(N(Cc3ccccc3)C(=O)CSc3nccn3C)C2=O)cc1. The first kappa shape index (κ1) is 24.2. The van der Waals surface area contributed by atoms with Gasteiger partial charge in [-0.05, 0) is 29.8 Å². The molecule has 4 amide bonds. The highest BCUT2D eigenvalue weighted by Gasteiger charge is 2.44. The predicted molar refractivity (Wildman–Crippen MR) is 133 cm³/mol. The van der Waals surface area contributed by atoms with E-state index in [9.17, 15) is 19.2 Å².